The third kappa shape index (κ3) is 3.83. The second-order valence-corrected chi connectivity index (χ2v) is 6.91. The van der Waals surface area contributed by atoms with E-state index in [0.29, 0.717) is 6.61 Å². The van der Waals surface area contributed by atoms with Crippen molar-refractivity contribution in [3.63, 3.8) is 0 Å². The second kappa shape index (κ2) is 7.05. The van der Waals surface area contributed by atoms with Crippen molar-refractivity contribution >= 4 is 20.6 Å². The summed E-state index contributed by atoms with van der Waals surface area (Å²) < 4.78 is 1.01. The molecule has 2 aliphatic heterocycles. The summed E-state index contributed by atoms with van der Waals surface area (Å²) in [6, 6.07) is 0. The zero-order valence-electron chi connectivity index (χ0n) is 12.9. The van der Waals surface area contributed by atoms with Gasteiger partial charge in [0.15, 0.2) is 0 Å². The predicted molar refractivity (Wildman–Crippen MR) is 86.6 cm³/mol. The van der Waals surface area contributed by atoms with E-state index in [0.717, 1.165) is 30.6 Å². The topological polar surface area (TPSA) is 28.1 Å². The van der Waals surface area contributed by atoms with Gasteiger partial charge in [0.25, 0.3) is 0 Å². The first-order valence-electron chi connectivity index (χ1n) is 7.60. The minimum Gasteiger partial charge on any atom is -0.297 e. The number of hydrogen-bond donors (Lipinski definition) is 0. The lowest BCUT2D eigenvalue weighted by atomic mass is 9.77. The average Bonchev–Trinajstić information content (AvgIpc) is 2.47. The largest absolute Gasteiger partial charge is 0.297 e. The maximum absolute atomic E-state index is 5.72. The minimum atomic E-state index is 0.190. The average molecular weight is 344 g/mol. The molecular weight excluding hydrogens is 318 g/mol. The Bertz CT molecular complexity index is 397. The van der Waals surface area contributed by atoms with Gasteiger partial charge in [-0.3, -0.25) is 9.85 Å². The number of rotatable bonds is 3. The molecule has 0 N–H and O–H groups in total. The van der Waals surface area contributed by atoms with Gasteiger partial charge in [0, 0.05) is 31.1 Å². The Morgan fingerprint density at radius 1 is 1.45 bits per heavy atom. The molecule has 5 heteroatoms. The Labute approximate surface area is 130 Å². The van der Waals surface area contributed by atoms with Gasteiger partial charge >= 0.3 is 0 Å². The fourth-order valence-corrected chi connectivity index (χ4v) is 3.29. The molecule has 20 heavy (non-hydrogen) atoms. The van der Waals surface area contributed by atoms with E-state index in [2.05, 4.69) is 46.0 Å². The maximum Gasteiger partial charge on any atom is 0.107 e. The highest BCUT2D eigenvalue weighted by atomic mass is 79.9. The van der Waals surface area contributed by atoms with Crippen molar-refractivity contribution in [1.82, 2.24) is 10.1 Å². The van der Waals surface area contributed by atoms with Gasteiger partial charge in [-0.15, -0.1) is 0 Å². The number of hydrazone groups is 1. The molecular formula is C15H26BrN3O. The molecule has 114 valence electrons. The first-order valence-corrected chi connectivity index (χ1v) is 8.39. The van der Waals surface area contributed by atoms with Gasteiger partial charge in [-0.05, 0) is 28.8 Å². The summed E-state index contributed by atoms with van der Waals surface area (Å²) in [4.78, 5) is 5.72. The fourth-order valence-electron chi connectivity index (χ4n) is 2.94. The van der Waals surface area contributed by atoms with Gasteiger partial charge in [0.05, 0.1) is 13.2 Å². The number of unbranched alkanes of at least 4 members (excludes halogenated alkanes) is 1. The van der Waals surface area contributed by atoms with Crippen molar-refractivity contribution in [3.05, 3.63) is 11.8 Å². The van der Waals surface area contributed by atoms with Crippen LogP contribution >= 0.6 is 15.9 Å². The third-order valence-electron chi connectivity index (χ3n) is 4.26. The van der Waals surface area contributed by atoms with Crippen LogP contribution in [-0.4, -0.2) is 41.4 Å². The summed E-state index contributed by atoms with van der Waals surface area (Å²) in [5.41, 5.74) is 1.57. The number of hydrogen-bond acceptors (Lipinski definition) is 4. The zero-order chi connectivity index (χ0) is 14.6. The van der Waals surface area contributed by atoms with Gasteiger partial charge in [-0.25, -0.2) is 0 Å². The van der Waals surface area contributed by atoms with Gasteiger partial charge in [0.2, 0.25) is 0 Å². The van der Waals surface area contributed by atoms with Crippen LogP contribution in [0.4, 0.5) is 0 Å². The number of allylic oxidation sites excluding steroid dienone is 2. The molecule has 1 unspecified atom stereocenters. The molecule has 2 aliphatic rings. The van der Waals surface area contributed by atoms with E-state index in [1.807, 2.05) is 12.1 Å². The summed E-state index contributed by atoms with van der Waals surface area (Å²) in [5.74, 6) is 0. The van der Waals surface area contributed by atoms with Crippen molar-refractivity contribution in [2.24, 2.45) is 10.5 Å². The molecule has 0 amide bonds. The van der Waals surface area contributed by atoms with E-state index >= 15 is 0 Å². The lowest BCUT2D eigenvalue weighted by molar-refractivity contribution is -0.141. The van der Waals surface area contributed by atoms with Crippen molar-refractivity contribution in [2.75, 3.05) is 26.7 Å². The molecule has 0 saturated carbocycles. The maximum atomic E-state index is 5.72. The molecule has 0 radical (unpaired) electrons. The molecule has 1 saturated heterocycles. The normalized spacial score (nSPS) is 28.9. The smallest absolute Gasteiger partial charge is 0.107 e. The van der Waals surface area contributed by atoms with E-state index in [4.69, 9.17) is 4.84 Å². The monoisotopic (exact) mass is 343 g/mol. The number of hydroxylamine groups is 2. The molecule has 4 nitrogen and oxygen atoms in total. The molecule has 1 fully saturated rings. The fraction of sp³-hybridized carbons (Fsp3) is 0.800. The summed E-state index contributed by atoms with van der Waals surface area (Å²) in [6.45, 7) is 7.11. The highest BCUT2D eigenvalue weighted by Gasteiger charge is 2.34. The Hall–Kier alpha value is -0.390. The zero-order valence-corrected chi connectivity index (χ0v) is 14.4. The van der Waals surface area contributed by atoms with Crippen LogP contribution in [0.3, 0.4) is 0 Å². The number of halogens is 1. The predicted octanol–water partition coefficient (Wildman–Crippen LogP) is 3.75. The summed E-state index contributed by atoms with van der Waals surface area (Å²) >= 11 is 3.53. The Kier molecular flexibility index (Phi) is 5.64. The van der Waals surface area contributed by atoms with Gasteiger partial charge in [-0.2, -0.15) is 10.2 Å². The van der Waals surface area contributed by atoms with Gasteiger partial charge < -0.3 is 0 Å². The molecule has 0 aromatic carbocycles. The van der Waals surface area contributed by atoms with Crippen molar-refractivity contribution < 1.29 is 4.84 Å². The van der Waals surface area contributed by atoms with E-state index in [-0.39, 0.29) is 5.41 Å². The van der Waals surface area contributed by atoms with Crippen LogP contribution in [0, 0.1) is 5.41 Å². The van der Waals surface area contributed by atoms with Crippen molar-refractivity contribution in [3.8, 4) is 0 Å². The first kappa shape index (κ1) is 16.0. The molecule has 0 aliphatic carbocycles. The SMILES string of the molecule is CCCCC1(C)CCN(C)OCCN2N=C(Br)CC=C21. The second-order valence-electron chi connectivity index (χ2n) is 5.99. The molecule has 0 spiro atoms. The molecule has 2 heterocycles. The lowest BCUT2D eigenvalue weighted by Gasteiger charge is -2.38. The van der Waals surface area contributed by atoms with Crippen LogP contribution in [-0.2, 0) is 4.84 Å². The third-order valence-corrected chi connectivity index (χ3v) is 4.75. The van der Waals surface area contributed by atoms with Crippen LogP contribution in [0.15, 0.2) is 16.9 Å². The standard InChI is InChI=1S/C15H26BrN3O/c1-4-5-8-15(2)9-10-18(3)20-12-11-19-13(15)6-7-14(16)17-19/h6H,4-5,7-12H2,1-3H3. The van der Waals surface area contributed by atoms with Crippen LogP contribution in [0.2, 0.25) is 0 Å². The molecule has 0 aromatic heterocycles. The van der Waals surface area contributed by atoms with Crippen molar-refractivity contribution in [1.29, 1.82) is 0 Å². The van der Waals surface area contributed by atoms with E-state index in [9.17, 15) is 0 Å². The van der Waals surface area contributed by atoms with Crippen LogP contribution in [0.25, 0.3) is 0 Å². The van der Waals surface area contributed by atoms with Gasteiger partial charge in [-0.1, -0.05) is 32.8 Å². The first-order chi connectivity index (χ1) is 9.55. The lowest BCUT2D eigenvalue weighted by Crippen LogP contribution is -2.34. The van der Waals surface area contributed by atoms with E-state index in [1.165, 1.54) is 25.0 Å². The van der Waals surface area contributed by atoms with E-state index in [1.54, 1.807) is 0 Å². The quantitative estimate of drug-likeness (QED) is 0.781. The Morgan fingerprint density at radius 3 is 3.00 bits per heavy atom. The number of fused-ring (bicyclic) bond motifs is 1. The summed E-state index contributed by atoms with van der Waals surface area (Å²) in [5, 5.41) is 8.79. The Balaban J connectivity index is 2.24. The van der Waals surface area contributed by atoms with Crippen molar-refractivity contribution in [2.45, 2.75) is 46.0 Å². The summed E-state index contributed by atoms with van der Waals surface area (Å²) in [6.07, 6.45) is 8.08. The highest BCUT2D eigenvalue weighted by Crippen LogP contribution is 2.41. The van der Waals surface area contributed by atoms with E-state index < -0.39 is 0 Å². The van der Waals surface area contributed by atoms with Crippen LogP contribution < -0.4 is 0 Å². The molecule has 1 atom stereocenters. The van der Waals surface area contributed by atoms with Crippen LogP contribution in [0.5, 0.6) is 0 Å². The number of nitrogens with zero attached hydrogens (tertiary/aromatic N) is 3. The Morgan fingerprint density at radius 2 is 2.25 bits per heavy atom. The summed E-state index contributed by atoms with van der Waals surface area (Å²) in [7, 11) is 2.03. The van der Waals surface area contributed by atoms with Gasteiger partial charge in [0.1, 0.15) is 4.62 Å². The molecule has 2 rings (SSSR count). The molecule has 0 aromatic rings. The highest BCUT2D eigenvalue weighted by molar-refractivity contribution is 9.18. The minimum absolute atomic E-state index is 0.190. The van der Waals surface area contributed by atoms with Crippen LogP contribution in [0.1, 0.15) is 46.0 Å². The molecule has 0 bridgehead atoms.